The summed E-state index contributed by atoms with van der Waals surface area (Å²) in [6.07, 6.45) is 1.60. The molecule has 0 saturated carbocycles. The molecule has 6 heteroatoms. The van der Waals surface area contributed by atoms with E-state index < -0.39 is 0 Å². The van der Waals surface area contributed by atoms with Gasteiger partial charge in [0.1, 0.15) is 5.69 Å². The topological polar surface area (TPSA) is 71.2 Å². The largest absolute Gasteiger partial charge is 0.349 e. The lowest BCUT2D eigenvalue weighted by molar-refractivity contribution is 0.0943. The average molecular weight is 304 g/mol. The van der Waals surface area contributed by atoms with Crippen LogP contribution < -0.4 is 11.1 Å². The molecule has 0 aliphatic carbocycles. The number of nitrogens with zero attached hydrogens (tertiary/aromatic N) is 2. The summed E-state index contributed by atoms with van der Waals surface area (Å²) in [5.74, 6) is 7.81. The van der Waals surface area contributed by atoms with Crippen molar-refractivity contribution in [3.05, 3.63) is 29.6 Å². The second-order valence-electron chi connectivity index (χ2n) is 4.62. The minimum absolute atomic E-state index is 0.177. The van der Waals surface area contributed by atoms with Crippen LogP contribution in [0.25, 0.3) is 0 Å². The van der Waals surface area contributed by atoms with Gasteiger partial charge in [0.2, 0.25) is 0 Å². The maximum atomic E-state index is 12.2. The minimum atomic E-state index is -0.177. The Hall–Kier alpha value is -1.55. The lowest BCUT2D eigenvalue weighted by Crippen LogP contribution is -2.39. The van der Waals surface area contributed by atoms with E-state index in [0.29, 0.717) is 17.8 Å². The molecule has 5 nitrogen and oxygen atoms in total. The van der Waals surface area contributed by atoms with E-state index in [2.05, 4.69) is 27.0 Å². The molecule has 1 aromatic rings. The van der Waals surface area contributed by atoms with E-state index in [1.54, 1.807) is 18.3 Å². The van der Waals surface area contributed by atoms with Gasteiger partial charge < -0.3 is 11.1 Å². The van der Waals surface area contributed by atoms with Crippen LogP contribution in [-0.4, -0.2) is 60.0 Å². The van der Waals surface area contributed by atoms with Crippen molar-refractivity contribution in [2.24, 2.45) is 5.73 Å². The molecule has 0 aromatic carbocycles. The maximum absolute atomic E-state index is 12.2. The first-order chi connectivity index (χ1) is 10.3. The summed E-state index contributed by atoms with van der Waals surface area (Å²) in [5.41, 5.74) is 6.35. The number of hydrogen-bond acceptors (Lipinski definition) is 5. The van der Waals surface area contributed by atoms with Gasteiger partial charge in [0.25, 0.3) is 5.91 Å². The maximum Gasteiger partial charge on any atom is 0.271 e. The molecule has 0 bridgehead atoms. The van der Waals surface area contributed by atoms with Crippen LogP contribution in [0, 0.1) is 11.8 Å². The molecule has 1 aromatic heterocycles. The molecule has 0 radical (unpaired) electrons. The number of pyridine rings is 1. The third-order valence-corrected chi connectivity index (χ3v) is 4.11. The number of rotatable bonds is 4. The highest BCUT2D eigenvalue weighted by Crippen LogP contribution is 2.08. The first-order valence-electron chi connectivity index (χ1n) is 7.03. The van der Waals surface area contributed by atoms with Gasteiger partial charge in [0, 0.05) is 43.9 Å². The summed E-state index contributed by atoms with van der Waals surface area (Å²) in [4.78, 5) is 18.7. The summed E-state index contributed by atoms with van der Waals surface area (Å²) in [5, 5.41) is 2.91. The van der Waals surface area contributed by atoms with E-state index >= 15 is 0 Å². The third-order valence-electron chi connectivity index (χ3n) is 3.17. The van der Waals surface area contributed by atoms with Crippen LogP contribution in [0.1, 0.15) is 16.1 Å². The van der Waals surface area contributed by atoms with Gasteiger partial charge in [0.15, 0.2) is 0 Å². The lowest BCUT2D eigenvalue weighted by atomic mass is 10.2. The monoisotopic (exact) mass is 304 g/mol. The Kier molecular flexibility index (Phi) is 6.54. The minimum Gasteiger partial charge on any atom is -0.349 e. The molecule has 0 spiro atoms. The predicted octanol–water partition coefficient (Wildman–Crippen LogP) is 0.170. The highest BCUT2D eigenvalue weighted by atomic mass is 32.2. The Balaban J connectivity index is 1.88. The van der Waals surface area contributed by atoms with Crippen LogP contribution in [0.2, 0.25) is 0 Å². The Bertz CT molecular complexity index is 532. The molecule has 1 aliphatic heterocycles. The number of thioether (sulfide) groups is 1. The van der Waals surface area contributed by atoms with Gasteiger partial charge in [-0.1, -0.05) is 11.8 Å². The van der Waals surface area contributed by atoms with Crippen molar-refractivity contribution < 1.29 is 4.79 Å². The summed E-state index contributed by atoms with van der Waals surface area (Å²) in [6.45, 7) is 3.96. The molecule has 21 heavy (non-hydrogen) atoms. The molecule has 1 aliphatic rings. The molecule has 2 rings (SSSR count). The second kappa shape index (κ2) is 8.67. The van der Waals surface area contributed by atoms with Crippen molar-refractivity contribution in [3.8, 4) is 11.8 Å². The Morgan fingerprint density at radius 3 is 3.05 bits per heavy atom. The molecule has 2 heterocycles. The summed E-state index contributed by atoms with van der Waals surface area (Å²) >= 11 is 1.98. The summed E-state index contributed by atoms with van der Waals surface area (Å²) in [6, 6.07) is 3.55. The van der Waals surface area contributed by atoms with E-state index in [0.717, 1.165) is 19.6 Å². The standard InChI is InChI=1S/C15H20N4OS/c16-5-1-3-13-4-2-6-17-14(13)15(20)18-7-8-19-9-11-21-12-10-19/h2,4,6H,5,7-12,16H2,(H,18,20). The third kappa shape index (κ3) is 5.05. The zero-order valence-corrected chi connectivity index (χ0v) is 12.8. The first-order valence-corrected chi connectivity index (χ1v) is 8.19. The molecular formula is C15H20N4OS. The zero-order valence-electron chi connectivity index (χ0n) is 12.0. The fraction of sp³-hybridized carbons (Fsp3) is 0.467. The van der Waals surface area contributed by atoms with Crippen LogP contribution in [0.5, 0.6) is 0 Å². The number of amides is 1. The predicted molar refractivity (Wildman–Crippen MR) is 86.3 cm³/mol. The first kappa shape index (κ1) is 15.8. The van der Waals surface area contributed by atoms with Gasteiger partial charge in [-0.2, -0.15) is 11.8 Å². The fourth-order valence-corrected chi connectivity index (χ4v) is 3.05. The molecular weight excluding hydrogens is 284 g/mol. The normalized spacial score (nSPS) is 15.1. The Morgan fingerprint density at radius 1 is 1.48 bits per heavy atom. The molecule has 1 saturated heterocycles. The van der Waals surface area contributed by atoms with E-state index in [1.165, 1.54) is 11.5 Å². The molecule has 3 N–H and O–H groups in total. The van der Waals surface area contributed by atoms with Crippen LogP contribution in [0.15, 0.2) is 18.3 Å². The average Bonchev–Trinajstić information content (AvgIpc) is 2.54. The lowest BCUT2D eigenvalue weighted by Gasteiger charge is -2.25. The SMILES string of the molecule is NCC#Cc1cccnc1C(=O)NCCN1CCSCC1. The van der Waals surface area contributed by atoms with Gasteiger partial charge in [-0.25, -0.2) is 4.98 Å². The highest BCUT2D eigenvalue weighted by Gasteiger charge is 2.13. The summed E-state index contributed by atoms with van der Waals surface area (Å²) < 4.78 is 0. The van der Waals surface area contributed by atoms with Crippen molar-refractivity contribution in [1.82, 2.24) is 15.2 Å². The van der Waals surface area contributed by atoms with Crippen molar-refractivity contribution in [1.29, 1.82) is 0 Å². The van der Waals surface area contributed by atoms with Crippen LogP contribution in [0.3, 0.4) is 0 Å². The number of nitrogens with one attached hydrogen (secondary N) is 1. The molecule has 0 unspecified atom stereocenters. The molecule has 1 fully saturated rings. The number of carbonyl (C=O) groups excluding carboxylic acids is 1. The number of aromatic nitrogens is 1. The number of nitrogens with two attached hydrogens (primary N) is 1. The Morgan fingerprint density at radius 2 is 2.29 bits per heavy atom. The molecule has 0 atom stereocenters. The van der Waals surface area contributed by atoms with Gasteiger partial charge in [-0.3, -0.25) is 9.69 Å². The molecule has 112 valence electrons. The quantitative estimate of drug-likeness (QED) is 0.776. The van der Waals surface area contributed by atoms with Crippen LogP contribution >= 0.6 is 11.8 Å². The van der Waals surface area contributed by atoms with Crippen molar-refractivity contribution >= 4 is 17.7 Å². The summed E-state index contributed by atoms with van der Waals surface area (Å²) in [7, 11) is 0. The van der Waals surface area contributed by atoms with E-state index in [-0.39, 0.29) is 12.5 Å². The van der Waals surface area contributed by atoms with Crippen molar-refractivity contribution in [2.45, 2.75) is 0 Å². The Labute approximate surface area is 129 Å². The van der Waals surface area contributed by atoms with Crippen LogP contribution in [-0.2, 0) is 0 Å². The van der Waals surface area contributed by atoms with Gasteiger partial charge in [-0.15, -0.1) is 0 Å². The zero-order chi connectivity index (χ0) is 14.9. The molecule has 1 amide bonds. The smallest absolute Gasteiger partial charge is 0.271 e. The number of carbonyl (C=O) groups is 1. The van der Waals surface area contributed by atoms with Crippen molar-refractivity contribution in [2.75, 3.05) is 44.2 Å². The number of hydrogen-bond donors (Lipinski definition) is 2. The second-order valence-corrected chi connectivity index (χ2v) is 5.84. The van der Waals surface area contributed by atoms with E-state index in [1.807, 2.05) is 11.8 Å². The van der Waals surface area contributed by atoms with Crippen molar-refractivity contribution in [3.63, 3.8) is 0 Å². The van der Waals surface area contributed by atoms with E-state index in [9.17, 15) is 4.79 Å². The van der Waals surface area contributed by atoms with Crippen LogP contribution in [0.4, 0.5) is 0 Å². The van der Waals surface area contributed by atoms with Gasteiger partial charge in [0.05, 0.1) is 12.1 Å². The highest BCUT2D eigenvalue weighted by molar-refractivity contribution is 7.99. The van der Waals surface area contributed by atoms with E-state index in [4.69, 9.17) is 5.73 Å². The van der Waals surface area contributed by atoms with Gasteiger partial charge >= 0.3 is 0 Å². The fourth-order valence-electron chi connectivity index (χ4n) is 2.07. The van der Waals surface area contributed by atoms with Gasteiger partial charge in [-0.05, 0) is 12.1 Å².